The van der Waals surface area contributed by atoms with Crippen LogP contribution in [0.15, 0.2) is 36.4 Å². The Kier molecular flexibility index (Phi) is 6.86. The zero-order chi connectivity index (χ0) is 24.5. The van der Waals surface area contributed by atoms with Crippen molar-refractivity contribution in [1.82, 2.24) is 15.2 Å². The second kappa shape index (κ2) is 10.3. The number of hydrogen-bond donors (Lipinski definition) is 1. The fourth-order valence-electron chi connectivity index (χ4n) is 6.12. The minimum Gasteiger partial charge on any atom is -0.493 e. The molecule has 0 amide bonds. The molecular weight excluding hydrogens is 466 g/mol. The van der Waals surface area contributed by atoms with Crippen LogP contribution < -0.4 is 10.1 Å². The highest BCUT2D eigenvalue weighted by Gasteiger charge is 2.40. The van der Waals surface area contributed by atoms with Crippen LogP contribution in [0.5, 0.6) is 5.75 Å². The molecule has 0 radical (unpaired) electrons. The molecule has 0 bridgehead atoms. The number of fused-ring (bicyclic) bond motifs is 1. The first kappa shape index (κ1) is 24.1. The van der Waals surface area contributed by atoms with Crippen LogP contribution in [0.3, 0.4) is 0 Å². The van der Waals surface area contributed by atoms with Crippen molar-refractivity contribution in [1.29, 1.82) is 0 Å². The van der Waals surface area contributed by atoms with Gasteiger partial charge in [-0.3, -0.25) is 0 Å². The summed E-state index contributed by atoms with van der Waals surface area (Å²) in [5.41, 5.74) is 7.96. The molecule has 190 valence electrons. The van der Waals surface area contributed by atoms with Gasteiger partial charge in [0.1, 0.15) is 10.8 Å². The summed E-state index contributed by atoms with van der Waals surface area (Å²) in [6.07, 6.45) is 4.59. The Morgan fingerprint density at radius 2 is 1.92 bits per heavy atom. The van der Waals surface area contributed by atoms with Crippen molar-refractivity contribution in [3.8, 4) is 27.4 Å². The van der Waals surface area contributed by atoms with Crippen molar-refractivity contribution in [2.45, 2.75) is 46.1 Å². The van der Waals surface area contributed by atoms with E-state index in [4.69, 9.17) is 14.5 Å². The van der Waals surface area contributed by atoms with Crippen molar-refractivity contribution < 1.29 is 9.47 Å². The predicted octanol–water partition coefficient (Wildman–Crippen LogP) is 5.62. The summed E-state index contributed by atoms with van der Waals surface area (Å²) in [4.78, 5) is 8.99. The fraction of sp³-hybridized carbons (Fsp3) is 0.500. The van der Waals surface area contributed by atoms with E-state index in [-0.39, 0.29) is 0 Å². The molecule has 5 nitrogen and oxygen atoms in total. The molecule has 0 aliphatic carbocycles. The number of aromatic nitrogens is 1. The maximum Gasteiger partial charge on any atom is 0.124 e. The van der Waals surface area contributed by atoms with Crippen LogP contribution in [-0.4, -0.2) is 55.9 Å². The first-order valence-electron chi connectivity index (χ1n) is 13.4. The van der Waals surface area contributed by atoms with Gasteiger partial charge in [-0.25, -0.2) is 4.98 Å². The summed E-state index contributed by atoms with van der Waals surface area (Å²) in [7, 11) is 0. The molecule has 2 saturated heterocycles. The monoisotopic (exact) mass is 503 g/mol. The van der Waals surface area contributed by atoms with E-state index in [2.05, 4.69) is 60.5 Å². The van der Waals surface area contributed by atoms with Gasteiger partial charge >= 0.3 is 0 Å². The summed E-state index contributed by atoms with van der Waals surface area (Å²) < 4.78 is 12.0. The van der Waals surface area contributed by atoms with Crippen LogP contribution in [0, 0.1) is 19.3 Å². The summed E-state index contributed by atoms with van der Waals surface area (Å²) in [5, 5.41) is 4.61. The lowest BCUT2D eigenvalue weighted by molar-refractivity contribution is 0.151. The van der Waals surface area contributed by atoms with Crippen LogP contribution in [0.1, 0.15) is 41.0 Å². The van der Waals surface area contributed by atoms with Gasteiger partial charge in [0.05, 0.1) is 18.9 Å². The third-order valence-corrected chi connectivity index (χ3v) is 9.45. The SMILES string of the molecule is Cc1c(OCCCN2CCC3(CCOC3)C2)cccc1-c1cccc(-c2nc3c(s2)CNCC3)c1C. The van der Waals surface area contributed by atoms with Crippen molar-refractivity contribution in [3.63, 3.8) is 0 Å². The van der Waals surface area contributed by atoms with E-state index >= 15 is 0 Å². The first-order chi connectivity index (χ1) is 17.6. The molecule has 1 atom stereocenters. The summed E-state index contributed by atoms with van der Waals surface area (Å²) in [5.74, 6) is 0.996. The summed E-state index contributed by atoms with van der Waals surface area (Å²) in [6.45, 7) is 12.5. The number of likely N-dealkylation sites (tertiary alicyclic amines) is 1. The molecule has 36 heavy (non-hydrogen) atoms. The third-order valence-electron chi connectivity index (χ3n) is 8.32. The number of nitrogens with one attached hydrogen (secondary N) is 1. The molecule has 3 aliphatic rings. The van der Waals surface area contributed by atoms with Gasteiger partial charge in [-0.2, -0.15) is 0 Å². The number of thiazole rings is 1. The van der Waals surface area contributed by atoms with Crippen LogP contribution in [0.2, 0.25) is 0 Å². The second-order valence-electron chi connectivity index (χ2n) is 10.8. The van der Waals surface area contributed by atoms with Crippen molar-refractivity contribution in [2.75, 3.05) is 46.0 Å². The highest BCUT2D eigenvalue weighted by molar-refractivity contribution is 7.15. The van der Waals surface area contributed by atoms with Crippen LogP contribution in [0.25, 0.3) is 21.7 Å². The van der Waals surface area contributed by atoms with E-state index in [0.29, 0.717) is 5.41 Å². The molecule has 2 aromatic carbocycles. The van der Waals surface area contributed by atoms with Gasteiger partial charge in [-0.05, 0) is 68.0 Å². The molecule has 1 unspecified atom stereocenters. The molecule has 3 aliphatic heterocycles. The fourth-order valence-corrected chi connectivity index (χ4v) is 7.28. The van der Waals surface area contributed by atoms with E-state index < -0.39 is 0 Å². The van der Waals surface area contributed by atoms with E-state index in [0.717, 1.165) is 63.1 Å². The van der Waals surface area contributed by atoms with Gasteiger partial charge in [-0.15, -0.1) is 11.3 Å². The van der Waals surface area contributed by atoms with E-state index in [9.17, 15) is 0 Å². The highest BCUT2D eigenvalue weighted by atomic mass is 32.1. The first-order valence-corrected chi connectivity index (χ1v) is 14.3. The lowest BCUT2D eigenvalue weighted by Crippen LogP contribution is -2.28. The van der Waals surface area contributed by atoms with E-state index in [1.54, 1.807) is 0 Å². The topological polar surface area (TPSA) is 46.6 Å². The molecule has 1 N–H and O–H groups in total. The predicted molar refractivity (Wildman–Crippen MR) is 147 cm³/mol. The zero-order valence-corrected chi connectivity index (χ0v) is 22.4. The largest absolute Gasteiger partial charge is 0.493 e. The van der Waals surface area contributed by atoms with Gasteiger partial charge in [0.25, 0.3) is 0 Å². The highest BCUT2D eigenvalue weighted by Crippen LogP contribution is 2.39. The number of rotatable bonds is 7. The maximum atomic E-state index is 6.32. The normalized spacial score (nSPS) is 21.8. The average Bonchev–Trinajstić information content (AvgIpc) is 3.63. The minimum atomic E-state index is 0.438. The van der Waals surface area contributed by atoms with Crippen LogP contribution >= 0.6 is 11.3 Å². The Balaban J connectivity index is 1.13. The Hall–Kier alpha value is -2.25. The quantitative estimate of drug-likeness (QED) is 0.424. The molecule has 4 heterocycles. The maximum absolute atomic E-state index is 6.32. The minimum absolute atomic E-state index is 0.438. The van der Waals surface area contributed by atoms with Crippen molar-refractivity contribution in [3.05, 3.63) is 58.1 Å². The summed E-state index contributed by atoms with van der Waals surface area (Å²) in [6, 6.07) is 13.1. The number of benzene rings is 2. The summed E-state index contributed by atoms with van der Waals surface area (Å²) >= 11 is 1.83. The molecule has 3 aromatic rings. The van der Waals surface area contributed by atoms with Gasteiger partial charge < -0.3 is 19.7 Å². The van der Waals surface area contributed by atoms with E-state index in [1.807, 2.05) is 11.3 Å². The standard InChI is InChI=1S/C30H37N3O2S/c1-21-23(6-3-8-25(21)29-32-26-10-13-31-18-28(26)36-29)24-7-4-9-27(22(24)2)35-16-5-14-33-15-11-30(19-33)12-17-34-20-30/h3-4,6-9,31H,5,10-20H2,1-2H3. The van der Waals surface area contributed by atoms with Gasteiger partial charge in [-0.1, -0.05) is 30.3 Å². The Morgan fingerprint density at radius 3 is 2.75 bits per heavy atom. The molecule has 0 saturated carbocycles. The zero-order valence-electron chi connectivity index (χ0n) is 21.6. The lowest BCUT2D eigenvalue weighted by atomic mass is 9.87. The molecule has 6 rings (SSSR count). The Morgan fingerprint density at radius 1 is 1.08 bits per heavy atom. The Bertz CT molecular complexity index is 1210. The lowest BCUT2D eigenvalue weighted by Gasteiger charge is -2.22. The van der Waals surface area contributed by atoms with Crippen molar-refractivity contribution >= 4 is 11.3 Å². The molecule has 1 aromatic heterocycles. The molecule has 1 spiro atoms. The van der Waals surface area contributed by atoms with Crippen LogP contribution in [0.4, 0.5) is 0 Å². The van der Waals surface area contributed by atoms with Gasteiger partial charge in [0.2, 0.25) is 0 Å². The van der Waals surface area contributed by atoms with Crippen LogP contribution in [-0.2, 0) is 17.7 Å². The van der Waals surface area contributed by atoms with E-state index in [1.165, 1.54) is 64.3 Å². The molecule has 6 heteroatoms. The Labute approximate surface area is 218 Å². The average molecular weight is 504 g/mol. The number of hydrogen-bond acceptors (Lipinski definition) is 6. The number of ether oxygens (including phenoxy) is 2. The molecule has 2 fully saturated rings. The number of nitrogens with zero attached hydrogens (tertiary/aromatic N) is 2. The smallest absolute Gasteiger partial charge is 0.124 e. The second-order valence-corrected chi connectivity index (χ2v) is 11.8. The third kappa shape index (κ3) is 4.72. The van der Waals surface area contributed by atoms with Crippen molar-refractivity contribution in [2.24, 2.45) is 5.41 Å². The van der Waals surface area contributed by atoms with Gasteiger partial charge in [0, 0.05) is 55.1 Å². The molecular formula is C30H37N3O2S. The van der Waals surface area contributed by atoms with Gasteiger partial charge in [0.15, 0.2) is 0 Å².